The van der Waals surface area contributed by atoms with E-state index in [4.69, 9.17) is 9.47 Å². The van der Waals surface area contributed by atoms with E-state index < -0.39 is 0 Å². The highest BCUT2D eigenvalue weighted by atomic mass is 16.5. The number of aromatic nitrogens is 2. The Morgan fingerprint density at radius 1 is 1.03 bits per heavy atom. The minimum Gasteiger partial charge on any atom is -0.491 e. The molecule has 1 aromatic carbocycles. The summed E-state index contributed by atoms with van der Waals surface area (Å²) in [6.45, 7) is 7.36. The average molecular weight is 403 g/mol. The van der Waals surface area contributed by atoms with Gasteiger partial charge in [0.25, 0.3) is 5.91 Å². The summed E-state index contributed by atoms with van der Waals surface area (Å²) in [5.74, 6) is 1.09. The molecule has 0 atom stereocenters. The second-order valence-corrected chi connectivity index (χ2v) is 8.20. The van der Waals surface area contributed by atoms with Crippen LogP contribution in [0.5, 0.6) is 11.6 Å². The number of carbonyl (C=O) groups is 1. The van der Waals surface area contributed by atoms with Gasteiger partial charge in [-0.1, -0.05) is 12.1 Å². The second-order valence-electron chi connectivity index (χ2n) is 8.20. The fraction of sp³-hybridized carbons (Fsp3) is 0.292. The van der Waals surface area contributed by atoms with Gasteiger partial charge in [-0.2, -0.15) is 0 Å². The number of ether oxygens (including phenoxy) is 2. The minimum absolute atomic E-state index is 0.0600. The highest BCUT2D eigenvalue weighted by molar-refractivity contribution is 5.98. The van der Waals surface area contributed by atoms with Crippen LogP contribution in [0.15, 0.2) is 60.9 Å². The van der Waals surface area contributed by atoms with E-state index in [-0.39, 0.29) is 11.5 Å². The van der Waals surface area contributed by atoms with E-state index in [1.165, 1.54) is 0 Å². The van der Waals surface area contributed by atoms with Gasteiger partial charge in [0.05, 0.1) is 24.3 Å². The van der Waals surface area contributed by atoms with Crippen molar-refractivity contribution in [1.82, 2.24) is 14.9 Å². The molecule has 3 aromatic rings. The molecule has 30 heavy (non-hydrogen) atoms. The van der Waals surface area contributed by atoms with Crippen LogP contribution < -0.4 is 9.47 Å². The second kappa shape index (κ2) is 8.14. The summed E-state index contributed by atoms with van der Waals surface area (Å²) < 4.78 is 11.7. The van der Waals surface area contributed by atoms with Crippen molar-refractivity contribution >= 4 is 5.91 Å². The fourth-order valence-corrected chi connectivity index (χ4v) is 3.34. The maximum atomic E-state index is 13.3. The van der Waals surface area contributed by atoms with Gasteiger partial charge in [0.15, 0.2) is 0 Å². The monoisotopic (exact) mass is 403 g/mol. The van der Waals surface area contributed by atoms with Gasteiger partial charge in [0, 0.05) is 18.5 Å². The van der Waals surface area contributed by atoms with Crippen LogP contribution in [-0.4, -0.2) is 39.5 Å². The Bertz CT molecular complexity index is 1050. The third-order valence-electron chi connectivity index (χ3n) is 4.67. The molecule has 1 amide bonds. The van der Waals surface area contributed by atoms with Crippen LogP contribution in [0.4, 0.5) is 0 Å². The molecule has 6 heteroatoms. The number of carbonyl (C=O) groups excluding carboxylic acids is 1. The first-order valence-electron chi connectivity index (χ1n) is 10.0. The van der Waals surface area contributed by atoms with Crippen LogP contribution in [0.25, 0.3) is 11.1 Å². The fourth-order valence-electron chi connectivity index (χ4n) is 3.34. The summed E-state index contributed by atoms with van der Waals surface area (Å²) in [6, 6.07) is 15.2. The molecular formula is C24H25N3O3. The first-order chi connectivity index (χ1) is 14.4. The highest BCUT2D eigenvalue weighted by Gasteiger charge is 2.24. The quantitative estimate of drug-likeness (QED) is 0.648. The van der Waals surface area contributed by atoms with Crippen molar-refractivity contribution in [1.29, 1.82) is 0 Å². The summed E-state index contributed by atoms with van der Waals surface area (Å²) in [5, 5.41) is 0. The van der Waals surface area contributed by atoms with E-state index in [9.17, 15) is 4.79 Å². The Morgan fingerprint density at radius 3 is 2.63 bits per heavy atom. The SMILES string of the molecule is CC(C)(C)Oc1cc(-c2ccc3c(c2)C(=O)N(Cc2ccccn2)CCO3)ccn1. The number of amides is 1. The van der Waals surface area contributed by atoms with Crippen LogP contribution in [0.2, 0.25) is 0 Å². The lowest BCUT2D eigenvalue weighted by molar-refractivity contribution is 0.0741. The van der Waals surface area contributed by atoms with Gasteiger partial charge in [0.1, 0.15) is 18.0 Å². The zero-order valence-corrected chi connectivity index (χ0v) is 17.5. The predicted octanol–water partition coefficient (Wildman–Crippen LogP) is 4.36. The van der Waals surface area contributed by atoms with Crippen molar-refractivity contribution < 1.29 is 14.3 Å². The van der Waals surface area contributed by atoms with Gasteiger partial charge >= 0.3 is 0 Å². The molecule has 0 aliphatic carbocycles. The van der Waals surface area contributed by atoms with E-state index in [0.717, 1.165) is 16.8 Å². The largest absolute Gasteiger partial charge is 0.491 e. The van der Waals surface area contributed by atoms with E-state index in [1.54, 1.807) is 17.3 Å². The van der Waals surface area contributed by atoms with Gasteiger partial charge in [-0.25, -0.2) is 4.98 Å². The molecule has 154 valence electrons. The Labute approximate surface area is 176 Å². The van der Waals surface area contributed by atoms with E-state index in [0.29, 0.717) is 36.9 Å². The molecule has 1 aliphatic rings. The molecule has 0 saturated carbocycles. The average Bonchev–Trinajstić information content (AvgIpc) is 2.87. The van der Waals surface area contributed by atoms with Crippen molar-refractivity contribution in [3.05, 3.63) is 72.2 Å². The summed E-state index contributed by atoms with van der Waals surface area (Å²) in [6.07, 6.45) is 3.45. The Hall–Kier alpha value is -3.41. The van der Waals surface area contributed by atoms with Crippen LogP contribution >= 0.6 is 0 Å². The molecule has 0 bridgehead atoms. The van der Waals surface area contributed by atoms with E-state index in [1.807, 2.05) is 69.3 Å². The van der Waals surface area contributed by atoms with Gasteiger partial charge in [-0.05, 0) is 62.2 Å². The normalized spacial score (nSPS) is 14.0. The van der Waals surface area contributed by atoms with Crippen molar-refractivity contribution in [2.24, 2.45) is 0 Å². The summed E-state index contributed by atoms with van der Waals surface area (Å²) in [4.78, 5) is 23.7. The number of fused-ring (bicyclic) bond motifs is 1. The van der Waals surface area contributed by atoms with Gasteiger partial charge in [0.2, 0.25) is 5.88 Å². The van der Waals surface area contributed by atoms with Crippen LogP contribution in [0.1, 0.15) is 36.8 Å². The number of benzene rings is 1. The molecular weight excluding hydrogens is 378 g/mol. The summed E-state index contributed by atoms with van der Waals surface area (Å²) in [7, 11) is 0. The third kappa shape index (κ3) is 4.59. The maximum Gasteiger partial charge on any atom is 0.258 e. The molecule has 4 rings (SSSR count). The Kier molecular flexibility index (Phi) is 5.40. The van der Waals surface area contributed by atoms with Crippen LogP contribution in [0.3, 0.4) is 0 Å². The van der Waals surface area contributed by atoms with Gasteiger partial charge < -0.3 is 14.4 Å². The lowest BCUT2D eigenvalue weighted by Crippen LogP contribution is -2.32. The molecule has 0 radical (unpaired) electrons. The topological polar surface area (TPSA) is 64.5 Å². The molecule has 0 N–H and O–H groups in total. The van der Waals surface area contributed by atoms with E-state index in [2.05, 4.69) is 9.97 Å². The third-order valence-corrected chi connectivity index (χ3v) is 4.67. The number of nitrogens with zero attached hydrogens (tertiary/aromatic N) is 3. The van der Waals surface area contributed by atoms with Crippen molar-refractivity contribution in [3.8, 4) is 22.8 Å². The molecule has 0 unspecified atom stereocenters. The number of hydrogen-bond donors (Lipinski definition) is 0. The number of pyridine rings is 2. The lowest BCUT2D eigenvalue weighted by atomic mass is 10.0. The van der Waals surface area contributed by atoms with Crippen molar-refractivity contribution in [3.63, 3.8) is 0 Å². The maximum absolute atomic E-state index is 13.3. The highest BCUT2D eigenvalue weighted by Crippen LogP contribution is 2.31. The van der Waals surface area contributed by atoms with Crippen molar-refractivity contribution in [2.75, 3.05) is 13.2 Å². The molecule has 6 nitrogen and oxygen atoms in total. The van der Waals surface area contributed by atoms with E-state index >= 15 is 0 Å². The zero-order valence-electron chi connectivity index (χ0n) is 17.5. The number of hydrogen-bond acceptors (Lipinski definition) is 5. The first kappa shape index (κ1) is 19.9. The first-order valence-corrected chi connectivity index (χ1v) is 10.0. The molecule has 0 spiro atoms. The predicted molar refractivity (Wildman–Crippen MR) is 115 cm³/mol. The summed E-state index contributed by atoms with van der Waals surface area (Å²) >= 11 is 0. The molecule has 0 saturated heterocycles. The minimum atomic E-state index is -0.338. The van der Waals surface area contributed by atoms with Crippen molar-refractivity contribution in [2.45, 2.75) is 32.9 Å². The number of rotatable bonds is 4. The molecule has 2 aromatic heterocycles. The standard InChI is InChI=1S/C24H25N3O3/c1-24(2,3)30-22-15-18(9-11-26-22)17-7-8-21-20(14-17)23(28)27(12-13-29-21)16-19-6-4-5-10-25-19/h4-11,14-15H,12-13,16H2,1-3H3. The smallest absolute Gasteiger partial charge is 0.258 e. The summed E-state index contributed by atoms with van der Waals surface area (Å²) in [5.41, 5.74) is 2.90. The van der Waals surface area contributed by atoms with Crippen LogP contribution in [0, 0.1) is 0 Å². The van der Waals surface area contributed by atoms with Gasteiger partial charge in [-0.3, -0.25) is 9.78 Å². The van der Waals surface area contributed by atoms with Gasteiger partial charge in [-0.15, -0.1) is 0 Å². The molecule has 3 heterocycles. The van der Waals surface area contributed by atoms with Crippen LogP contribution in [-0.2, 0) is 6.54 Å². The Balaban J connectivity index is 1.63. The molecule has 0 fully saturated rings. The molecule has 1 aliphatic heterocycles. The Morgan fingerprint density at radius 2 is 1.87 bits per heavy atom. The zero-order chi connectivity index (χ0) is 21.1. The lowest BCUT2D eigenvalue weighted by Gasteiger charge is -2.21.